The van der Waals surface area contributed by atoms with E-state index < -0.39 is 47.1 Å². The molecule has 0 fully saturated rings. The monoisotopic (exact) mass is 543 g/mol. The van der Waals surface area contributed by atoms with Crippen molar-refractivity contribution in [2.45, 2.75) is 46.8 Å². The molecule has 1 amide bonds. The summed E-state index contributed by atoms with van der Waals surface area (Å²) >= 11 is 0. The first-order chi connectivity index (χ1) is 18.5. The van der Waals surface area contributed by atoms with Crippen LogP contribution >= 0.6 is 0 Å². The van der Waals surface area contributed by atoms with Crippen molar-refractivity contribution in [2.75, 3.05) is 5.32 Å². The molecule has 0 aliphatic rings. The number of rotatable bonds is 8. The van der Waals surface area contributed by atoms with Crippen LogP contribution in [-0.4, -0.2) is 15.7 Å². The molecule has 0 aliphatic carbocycles. The molecule has 0 saturated carbocycles. The van der Waals surface area contributed by atoms with Crippen molar-refractivity contribution in [1.82, 2.24) is 9.78 Å². The van der Waals surface area contributed by atoms with Gasteiger partial charge >= 0.3 is 0 Å². The van der Waals surface area contributed by atoms with E-state index >= 15 is 0 Å². The van der Waals surface area contributed by atoms with Gasteiger partial charge in [0.1, 0.15) is 12.4 Å². The molecule has 0 aliphatic heterocycles. The fourth-order valence-corrected chi connectivity index (χ4v) is 4.07. The zero-order chi connectivity index (χ0) is 28.4. The number of hydrogen-bond acceptors (Lipinski definition) is 3. The molecule has 39 heavy (non-hydrogen) atoms. The number of nitrogens with zero attached hydrogens (tertiary/aromatic N) is 2. The number of halogens is 5. The highest BCUT2D eigenvalue weighted by Gasteiger charge is 2.27. The van der Waals surface area contributed by atoms with Crippen LogP contribution in [0.5, 0.6) is 5.75 Å². The van der Waals surface area contributed by atoms with E-state index in [-0.39, 0.29) is 18.0 Å². The normalized spacial score (nSPS) is 11.2. The summed E-state index contributed by atoms with van der Waals surface area (Å²) in [6.07, 6.45) is 0. The lowest BCUT2D eigenvalue weighted by atomic mass is 10.0. The van der Waals surface area contributed by atoms with Crippen LogP contribution in [0.1, 0.15) is 58.2 Å². The predicted octanol–water partition coefficient (Wildman–Crippen LogP) is 7.20. The molecule has 204 valence electrons. The number of amides is 1. The van der Waals surface area contributed by atoms with Crippen LogP contribution in [0.25, 0.3) is 0 Å². The van der Waals surface area contributed by atoms with E-state index in [1.54, 1.807) is 25.1 Å². The van der Waals surface area contributed by atoms with Crippen molar-refractivity contribution < 1.29 is 31.5 Å². The predicted molar refractivity (Wildman–Crippen MR) is 136 cm³/mol. The standard InChI is InChI=1S/C29H26F5N3O2/c1-15(2)19-8-10-21(11-9-19)39-14-18-6-5-7-20(12-18)29(38)35-28-16(3)36-37(17(28)4)13-22-23(30)25(32)27(34)26(33)24(22)31/h5-12,15H,13-14H2,1-4H3,(H,35,38). The summed E-state index contributed by atoms with van der Waals surface area (Å²) in [7, 11) is 0. The van der Waals surface area contributed by atoms with E-state index in [0.717, 1.165) is 10.2 Å². The molecule has 3 aromatic carbocycles. The summed E-state index contributed by atoms with van der Waals surface area (Å²) in [5.41, 5.74) is 2.09. The van der Waals surface area contributed by atoms with Crippen molar-refractivity contribution in [3.05, 3.63) is 111 Å². The number of anilines is 1. The van der Waals surface area contributed by atoms with Crippen molar-refractivity contribution in [2.24, 2.45) is 0 Å². The smallest absolute Gasteiger partial charge is 0.255 e. The molecule has 1 N–H and O–H groups in total. The van der Waals surface area contributed by atoms with Crippen molar-refractivity contribution >= 4 is 11.6 Å². The Labute approximate surface area is 222 Å². The first-order valence-electron chi connectivity index (χ1n) is 12.1. The Bertz CT molecular complexity index is 1500. The van der Waals surface area contributed by atoms with Gasteiger partial charge < -0.3 is 10.1 Å². The highest BCUT2D eigenvalue weighted by molar-refractivity contribution is 6.05. The third-order valence-corrected chi connectivity index (χ3v) is 6.37. The fourth-order valence-electron chi connectivity index (χ4n) is 4.07. The lowest BCUT2D eigenvalue weighted by Crippen LogP contribution is -2.15. The van der Waals surface area contributed by atoms with E-state index in [1.165, 1.54) is 12.5 Å². The Morgan fingerprint density at radius 2 is 1.54 bits per heavy atom. The quantitative estimate of drug-likeness (QED) is 0.145. The number of hydrogen-bond donors (Lipinski definition) is 1. The average molecular weight is 544 g/mol. The Kier molecular flexibility index (Phi) is 8.03. The molecule has 0 saturated heterocycles. The molecule has 5 nitrogen and oxygen atoms in total. The second-order valence-electron chi connectivity index (χ2n) is 9.42. The molecule has 0 bridgehead atoms. The number of carbonyl (C=O) groups excluding carboxylic acids is 1. The van der Waals surface area contributed by atoms with Gasteiger partial charge in [0.25, 0.3) is 5.91 Å². The third kappa shape index (κ3) is 5.79. The minimum atomic E-state index is -2.23. The van der Waals surface area contributed by atoms with E-state index in [4.69, 9.17) is 4.74 Å². The van der Waals surface area contributed by atoms with Crippen LogP contribution in [-0.2, 0) is 13.2 Å². The van der Waals surface area contributed by atoms with E-state index in [2.05, 4.69) is 24.3 Å². The third-order valence-electron chi connectivity index (χ3n) is 6.37. The number of carbonyl (C=O) groups is 1. The van der Waals surface area contributed by atoms with Gasteiger partial charge in [-0.2, -0.15) is 5.10 Å². The van der Waals surface area contributed by atoms with Crippen molar-refractivity contribution in [1.29, 1.82) is 0 Å². The largest absolute Gasteiger partial charge is 0.489 e. The number of nitrogens with one attached hydrogen (secondary N) is 1. The van der Waals surface area contributed by atoms with Gasteiger partial charge in [-0.1, -0.05) is 38.1 Å². The van der Waals surface area contributed by atoms with Crippen LogP contribution in [0.2, 0.25) is 0 Å². The van der Waals surface area contributed by atoms with Crippen LogP contribution in [0.15, 0.2) is 48.5 Å². The molecular formula is C29H26F5N3O2. The van der Waals surface area contributed by atoms with Crippen molar-refractivity contribution in [3.63, 3.8) is 0 Å². The van der Waals surface area contributed by atoms with Gasteiger partial charge in [0.15, 0.2) is 23.3 Å². The summed E-state index contributed by atoms with van der Waals surface area (Å²) in [4.78, 5) is 13.0. The Morgan fingerprint density at radius 1 is 0.923 bits per heavy atom. The molecule has 0 spiro atoms. The lowest BCUT2D eigenvalue weighted by Gasteiger charge is -2.11. The highest BCUT2D eigenvalue weighted by atomic mass is 19.2. The molecule has 10 heteroatoms. The molecule has 0 unspecified atom stereocenters. The van der Waals surface area contributed by atoms with Crippen molar-refractivity contribution in [3.8, 4) is 5.75 Å². The number of aryl methyl sites for hydroxylation is 1. The van der Waals surface area contributed by atoms with Gasteiger partial charge in [0.05, 0.1) is 29.2 Å². The fraction of sp³-hybridized carbons (Fsp3) is 0.241. The van der Waals surface area contributed by atoms with Gasteiger partial charge in [-0.05, 0) is 55.2 Å². The zero-order valence-corrected chi connectivity index (χ0v) is 21.7. The van der Waals surface area contributed by atoms with E-state index in [1.807, 2.05) is 30.3 Å². The average Bonchev–Trinajstić information content (AvgIpc) is 3.19. The maximum atomic E-state index is 14.2. The summed E-state index contributed by atoms with van der Waals surface area (Å²) in [6, 6.07) is 14.6. The zero-order valence-electron chi connectivity index (χ0n) is 21.7. The second-order valence-corrected chi connectivity index (χ2v) is 9.42. The van der Waals surface area contributed by atoms with Crippen LogP contribution < -0.4 is 10.1 Å². The minimum Gasteiger partial charge on any atom is -0.489 e. The lowest BCUT2D eigenvalue weighted by molar-refractivity contribution is 0.102. The summed E-state index contributed by atoms with van der Waals surface area (Å²) < 4.78 is 75.9. The molecular weight excluding hydrogens is 517 g/mol. The Hall–Kier alpha value is -4.21. The van der Waals surface area contributed by atoms with Gasteiger partial charge in [-0.3, -0.25) is 9.48 Å². The molecule has 0 radical (unpaired) electrons. The summed E-state index contributed by atoms with van der Waals surface area (Å²) in [5, 5.41) is 6.84. The number of benzene rings is 3. The molecule has 4 rings (SSSR count). The maximum absolute atomic E-state index is 14.2. The number of ether oxygens (including phenoxy) is 1. The number of aromatic nitrogens is 2. The topological polar surface area (TPSA) is 56.2 Å². The minimum absolute atomic E-state index is 0.236. The van der Waals surface area contributed by atoms with Crippen LogP contribution in [0.3, 0.4) is 0 Å². The second kappa shape index (κ2) is 11.3. The Morgan fingerprint density at radius 3 is 2.15 bits per heavy atom. The van der Waals surface area contributed by atoms with E-state index in [9.17, 15) is 26.7 Å². The van der Waals surface area contributed by atoms with Gasteiger partial charge in [-0.25, -0.2) is 22.0 Å². The maximum Gasteiger partial charge on any atom is 0.255 e. The van der Waals surface area contributed by atoms with E-state index in [0.29, 0.717) is 22.9 Å². The summed E-state index contributed by atoms with van der Waals surface area (Å²) in [5.74, 6) is -9.52. The first-order valence-corrected chi connectivity index (χ1v) is 12.1. The highest BCUT2D eigenvalue weighted by Crippen LogP contribution is 2.27. The van der Waals surface area contributed by atoms with Crippen LogP contribution in [0, 0.1) is 42.9 Å². The Balaban J connectivity index is 1.48. The van der Waals surface area contributed by atoms with Gasteiger partial charge in [0.2, 0.25) is 5.82 Å². The van der Waals surface area contributed by atoms with Crippen LogP contribution in [0.4, 0.5) is 27.6 Å². The molecule has 1 heterocycles. The molecule has 4 aromatic rings. The molecule has 1 aromatic heterocycles. The SMILES string of the molecule is Cc1nn(Cc2c(F)c(F)c(F)c(F)c2F)c(C)c1NC(=O)c1cccc(COc2ccc(C(C)C)cc2)c1. The molecule has 0 atom stereocenters. The first kappa shape index (κ1) is 27.8. The summed E-state index contributed by atoms with van der Waals surface area (Å²) in [6.45, 7) is 6.78. The van der Waals surface area contributed by atoms with Gasteiger partial charge in [-0.15, -0.1) is 0 Å². The van der Waals surface area contributed by atoms with Gasteiger partial charge in [0, 0.05) is 5.56 Å².